The molecule has 0 bridgehead atoms. The average Bonchev–Trinajstić information content (AvgIpc) is 2.05. The first-order chi connectivity index (χ1) is 5.79. The van der Waals surface area contributed by atoms with Gasteiger partial charge in [-0.15, -0.1) is 0 Å². The summed E-state index contributed by atoms with van der Waals surface area (Å²) >= 11 is 5.72. The maximum absolute atomic E-state index is 8.67. The summed E-state index contributed by atoms with van der Waals surface area (Å²) in [7, 11) is 0. The molecule has 0 aliphatic rings. The SMILES string of the molecule is CCOc1nccc(Cl)c1C#N. The smallest absolute Gasteiger partial charge is 0.233 e. The first kappa shape index (κ1) is 8.82. The van der Waals surface area contributed by atoms with E-state index in [4.69, 9.17) is 21.6 Å². The summed E-state index contributed by atoms with van der Waals surface area (Å²) < 4.78 is 5.09. The molecule has 0 radical (unpaired) electrons. The lowest BCUT2D eigenvalue weighted by atomic mass is 10.3. The highest BCUT2D eigenvalue weighted by Crippen LogP contribution is 2.22. The highest BCUT2D eigenvalue weighted by atomic mass is 35.5. The van der Waals surface area contributed by atoms with Crippen LogP contribution in [0.3, 0.4) is 0 Å². The molecule has 1 heterocycles. The number of nitriles is 1. The standard InChI is InChI=1S/C8H7ClN2O/c1-2-12-8-6(5-10)7(9)3-4-11-8/h3-4H,2H2,1H3. The second kappa shape index (κ2) is 3.93. The number of rotatable bonds is 2. The molecule has 0 saturated heterocycles. The third-order valence-corrected chi connectivity index (χ3v) is 1.57. The van der Waals surface area contributed by atoms with Crippen molar-refractivity contribution < 1.29 is 4.74 Å². The molecule has 0 N–H and O–H groups in total. The van der Waals surface area contributed by atoms with Gasteiger partial charge in [0.2, 0.25) is 5.88 Å². The summed E-state index contributed by atoms with van der Waals surface area (Å²) in [6, 6.07) is 3.49. The van der Waals surface area contributed by atoms with Crippen molar-refractivity contribution in [2.45, 2.75) is 6.92 Å². The topological polar surface area (TPSA) is 45.9 Å². The van der Waals surface area contributed by atoms with Crippen molar-refractivity contribution in [1.29, 1.82) is 5.26 Å². The average molecular weight is 183 g/mol. The van der Waals surface area contributed by atoms with Gasteiger partial charge in [0.15, 0.2) is 0 Å². The highest BCUT2D eigenvalue weighted by Gasteiger charge is 2.07. The van der Waals surface area contributed by atoms with Crippen molar-refractivity contribution in [1.82, 2.24) is 4.98 Å². The van der Waals surface area contributed by atoms with Gasteiger partial charge in [0, 0.05) is 6.20 Å². The number of hydrogen-bond acceptors (Lipinski definition) is 3. The summed E-state index contributed by atoms with van der Waals surface area (Å²) in [5, 5.41) is 9.04. The maximum atomic E-state index is 8.67. The normalized spacial score (nSPS) is 9.08. The first-order valence-corrected chi connectivity index (χ1v) is 3.84. The van der Waals surface area contributed by atoms with E-state index in [1.807, 2.05) is 13.0 Å². The molecule has 0 fully saturated rings. The van der Waals surface area contributed by atoms with Crippen LogP contribution in [0.15, 0.2) is 12.3 Å². The van der Waals surface area contributed by atoms with Crippen LogP contribution in [0.2, 0.25) is 5.02 Å². The van der Waals surface area contributed by atoms with E-state index >= 15 is 0 Å². The summed E-state index contributed by atoms with van der Waals surface area (Å²) in [6.45, 7) is 2.30. The van der Waals surface area contributed by atoms with Crippen LogP contribution in [0, 0.1) is 11.3 Å². The molecule has 1 rings (SSSR count). The van der Waals surface area contributed by atoms with Crippen molar-refractivity contribution in [3.8, 4) is 11.9 Å². The molecule has 0 aliphatic heterocycles. The molecule has 0 spiro atoms. The van der Waals surface area contributed by atoms with Crippen LogP contribution in [0.4, 0.5) is 0 Å². The van der Waals surface area contributed by atoms with Gasteiger partial charge in [-0.3, -0.25) is 0 Å². The van der Waals surface area contributed by atoms with E-state index in [0.717, 1.165) is 0 Å². The Labute approximate surface area is 75.6 Å². The van der Waals surface area contributed by atoms with Crippen LogP contribution >= 0.6 is 11.6 Å². The van der Waals surface area contributed by atoms with Crippen molar-refractivity contribution in [2.24, 2.45) is 0 Å². The second-order valence-electron chi connectivity index (χ2n) is 2.02. The van der Waals surface area contributed by atoms with Crippen LogP contribution < -0.4 is 4.74 Å². The third-order valence-electron chi connectivity index (χ3n) is 1.26. The zero-order valence-corrected chi connectivity index (χ0v) is 7.30. The van der Waals surface area contributed by atoms with Gasteiger partial charge >= 0.3 is 0 Å². The predicted octanol–water partition coefficient (Wildman–Crippen LogP) is 2.01. The molecular weight excluding hydrogens is 176 g/mol. The molecule has 3 nitrogen and oxygen atoms in total. The lowest BCUT2D eigenvalue weighted by Crippen LogP contribution is -1.97. The van der Waals surface area contributed by atoms with Gasteiger partial charge < -0.3 is 4.74 Å². The first-order valence-electron chi connectivity index (χ1n) is 3.47. The van der Waals surface area contributed by atoms with E-state index < -0.39 is 0 Å². The number of ether oxygens (including phenoxy) is 1. The molecule has 0 aliphatic carbocycles. The quantitative estimate of drug-likeness (QED) is 0.703. The lowest BCUT2D eigenvalue weighted by Gasteiger charge is -2.03. The fourth-order valence-corrected chi connectivity index (χ4v) is 0.947. The molecule has 0 unspecified atom stereocenters. The number of aromatic nitrogens is 1. The largest absolute Gasteiger partial charge is 0.477 e. The van der Waals surface area contributed by atoms with E-state index in [2.05, 4.69) is 4.98 Å². The van der Waals surface area contributed by atoms with Gasteiger partial charge in [-0.25, -0.2) is 4.98 Å². The molecule has 0 saturated carbocycles. The Morgan fingerprint density at radius 1 is 1.75 bits per heavy atom. The van der Waals surface area contributed by atoms with Crippen LogP contribution in [-0.2, 0) is 0 Å². The third kappa shape index (κ3) is 1.66. The summed E-state index contributed by atoms with van der Waals surface area (Å²) in [4.78, 5) is 3.87. The van der Waals surface area contributed by atoms with E-state index in [-0.39, 0.29) is 0 Å². The number of halogens is 1. The molecule has 0 aromatic carbocycles. The minimum Gasteiger partial charge on any atom is -0.477 e. The Kier molecular flexibility index (Phi) is 2.89. The van der Waals surface area contributed by atoms with Gasteiger partial charge in [0.25, 0.3) is 0 Å². The Hall–Kier alpha value is -1.27. The Balaban J connectivity index is 3.11. The number of pyridine rings is 1. The zero-order chi connectivity index (χ0) is 8.97. The molecule has 0 atom stereocenters. The van der Waals surface area contributed by atoms with Crippen LogP contribution in [0.1, 0.15) is 12.5 Å². The molecule has 0 amide bonds. The monoisotopic (exact) mass is 182 g/mol. The number of hydrogen-bond donors (Lipinski definition) is 0. The molecule has 12 heavy (non-hydrogen) atoms. The Bertz CT molecular complexity index is 319. The van der Waals surface area contributed by atoms with E-state index in [9.17, 15) is 0 Å². The van der Waals surface area contributed by atoms with E-state index in [1.165, 1.54) is 6.20 Å². The van der Waals surface area contributed by atoms with Gasteiger partial charge in [0.05, 0.1) is 11.6 Å². The predicted molar refractivity (Wildman–Crippen MR) is 45.1 cm³/mol. The van der Waals surface area contributed by atoms with Crippen LogP contribution in [0.5, 0.6) is 5.88 Å². The lowest BCUT2D eigenvalue weighted by molar-refractivity contribution is 0.326. The fourth-order valence-electron chi connectivity index (χ4n) is 0.768. The summed E-state index contributed by atoms with van der Waals surface area (Å²) in [5.74, 6) is 0.299. The maximum Gasteiger partial charge on any atom is 0.233 e. The number of nitrogens with zero attached hydrogens (tertiary/aromatic N) is 2. The zero-order valence-electron chi connectivity index (χ0n) is 6.54. The highest BCUT2D eigenvalue weighted by molar-refractivity contribution is 6.31. The molecule has 1 aromatic heterocycles. The van der Waals surface area contributed by atoms with Crippen molar-refractivity contribution in [2.75, 3.05) is 6.61 Å². The molecule has 4 heteroatoms. The Morgan fingerprint density at radius 2 is 2.50 bits per heavy atom. The minimum absolute atomic E-state index is 0.293. The summed E-state index contributed by atoms with van der Waals surface area (Å²) in [5.41, 5.74) is 0.293. The molecular formula is C8H7ClN2O. The van der Waals surface area contributed by atoms with Crippen LogP contribution in [-0.4, -0.2) is 11.6 Å². The van der Waals surface area contributed by atoms with Gasteiger partial charge in [-0.05, 0) is 13.0 Å². The molecule has 62 valence electrons. The van der Waals surface area contributed by atoms with Crippen LogP contribution in [0.25, 0.3) is 0 Å². The second-order valence-corrected chi connectivity index (χ2v) is 2.42. The summed E-state index contributed by atoms with van der Waals surface area (Å²) in [6.07, 6.45) is 1.51. The minimum atomic E-state index is 0.293. The van der Waals surface area contributed by atoms with Crippen molar-refractivity contribution >= 4 is 11.6 Å². The van der Waals surface area contributed by atoms with Crippen molar-refractivity contribution in [3.05, 3.63) is 22.8 Å². The van der Waals surface area contributed by atoms with E-state index in [1.54, 1.807) is 6.07 Å². The Morgan fingerprint density at radius 3 is 3.08 bits per heavy atom. The van der Waals surface area contributed by atoms with Crippen molar-refractivity contribution in [3.63, 3.8) is 0 Å². The van der Waals surface area contributed by atoms with Gasteiger partial charge in [-0.2, -0.15) is 5.26 Å². The molecule has 1 aromatic rings. The fraction of sp³-hybridized carbons (Fsp3) is 0.250. The van der Waals surface area contributed by atoms with E-state index in [0.29, 0.717) is 23.1 Å². The van der Waals surface area contributed by atoms with Gasteiger partial charge in [0.1, 0.15) is 11.6 Å². The van der Waals surface area contributed by atoms with Gasteiger partial charge in [-0.1, -0.05) is 11.6 Å².